The molecule has 0 spiro atoms. The lowest BCUT2D eigenvalue weighted by Crippen LogP contribution is -2.29. The van der Waals surface area contributed by atoms with E-state index in [0.29, 0.717) is 42.8 Å². The molecule has 0 saturated heterocycles. The second-order valence-electron chi connectivity index (χ2n) is 4.35. The molecule has 7 heteroatoms. The first-order valence-electron chi connectivity index (χ1n) is 6.58. The highest BCUT2D eigenvalue weighted by molar-refractivity contribution is 6.34. The Hall–Kier alpha value is -1.34. The Morgan fingerprint density at radius 1 is 1.33 bits per heavy atom. The third-order valence-electron chi connectivity index (χ3n) is 2.65. The highest BCUT2D eigenvalue weighted by Gasteiger charge is 2.14. The maximum atomic E-state index is 11.9. The van der Waals surface area contributed by atoms with E-state index in [1.54, 1.807) is 32.2 Å². The highest BCUT2D eigenvalue weighted by atomic mass is 35.5. The molecule has 0 aliphatic rings. The highest BCUT2D eigenvalue weighted by Crippen LogP contribution is 2.24. The van der Waals surface area contributed by atoms with Crippen LogP contribution in [0.2, 0.25) is 5.02 Å². The van der Waals surface area contributed by atoms with Crippen molar-refractivity contribution < 1.29 is 19.0 Å². The number of halogens is 1. The number of carbonyl (C=O) groups is 1. The van der Waals surface area contributed by atoms with E-state index in [9.17, 15) is 4.79 Å². The molecule has 1 rings (SSSR count). The summed E-state index contributed by atoms with van der Waals surface area (Å²) in [7, 11) is 1.61. The van der Waals surface area contributed by atoms with E-state index in [0.717, 1.165) is 0 Å². The fourth-order valence-corrected chi connectivity index (χ4v) is 1.71. The Labute approximate surface area is 129 Å². The third-order valence-corrected chi connectivity index (χ3v) is 2.96. The molecule has 3 N–H and O–H groups in total. The zero-order valence-corrected chi connectivity index (χ0v) is 13.0. The molecule has 0 radical (unpaired) electrons. The number of amides is 1. The van der Waals surface area contributed by atoms with Gasteiger partial charge in [-0.2, -0.15) is 0 Å². The molecule has 0 saturated carbocycles. The molecule has 0 bridgehead atoms. The Morgan fingerprint density at radius 2 is 2.05 bits per heavy atom. The number of nitrogen functional groups attached to an aromatic ring is 1. The Morgan fingerprint density at radius 3 is 2.71 bits per heavy atom. The summed E-state index contributed by atoms with van der Waals surface area (Å²) in [6.45, 7) is 3.43. The second-order valence-corrected chi connectivity index (χ2v) is 4.75. The molecule has 0 fully saturated rings. The van der Waals surface area contributed by atoms with Gasteiger partial charge in [-0.15, -0.1) is 0 Å². The third kappa shape index (κ3) is 6.77. The minimum absolute atomic E-state index is 0.279. The average Bonchev–Trinajstić information content (AvgIpc) is 2.45. The molecule has 1 aromatic carbocycles. The molecular weight excluding hydrogens is 296 g/mol. The van der Waals surface area contributed by atoms with E-state index < -0.39 is 6.10 Å². The number of rotatable bonds is 9. The van der Waals surface area contributed by atoms with Crippen LogP contribution in [0.4, 0.5) is 11.4 Å². The minimum atomic E-state index is -0.607. The maximum Gasteiger partial charge on any atom is 0.253 e. The minimum Gasteiger partial charge on any atom is -0.399 e. The van der Waals surface area contributed by atoms with Gasteiger partial charge in [-0.1, -0.05) is 11.6 Å². The van der Waals surface area contributed by atoms with Gasteiger partial charge in [0.2, 0.25) is 0 Å². The zero-order chi connectivity index (χ0) is 15.7. The summed E-state index contributed by atoms with van der Waals surface area (Å²) >= 11 is 5.99. The molecule has 21 heavy (non-hydrogen) atoms. The van der Waals surface area contributed by atoms with Crippen LogP contribution in [0, 0.1) is 0 Å². The van der Waals surface area contributed by atoms with Gasteiger partial charge in [0.05, 0.1) is 37.1 Å². The van der Waals surface area contributed by atoms with Gasteiger partial charge in [0.25, 0.3) is 5.91 Å². The molecule has 1 amide bonds. The van der Waals surface area contributed by atoms with Gasteiger partial charge in [-0.05, 0) is 25.1 Å². The van der Waals surface area contributed by atoms with Crippen LogP contribution in [0.5, 0.6) is 0 Å². The Bertz CT molecular complexity index is 457. The number of hydrogen-bond donors (Lipinski definition) is 2. The van der Waals surface area contributed by atoms with Crippen LogP contribution in [0.3, 0.4) is 0 Å². The fourth-order valence-electron chi connectivity index (χ4n) is 1.47. The molecule has 0 aliphatic heterocycles. The van der Waals surface area contributed by atoms with E-state index in [1.807, 2.05) is 0 Å². The van der Waals surface area contributed by atoms with Crippen molar-refractivity contribution in [1.29, 1.82) is 0 Å². The number of ether oxygens (including phenoxy) is 3. The molecule has 0 heterocycles. The molecule has 6 nitrogen and oxygen atoms in total. The number of nitrogens with two attached hydrogens (primary N) is 1. The van der Waals surface area contributed by atoms with Crippen LogP contribution >= 0.6 is 11.6 Å². The van der Waals surface area contributed by atoms with Crippen LogP contribution in [-0.2, 0) is 19.0 Å². The molecular formula is C14H21ClN2O4. The average molecular weight is 317 g/mol. The quantitative estimate of drug-likeness (QED) is 0.537. The van der Waals surface area contributed by atoms with Crippen molar-refractivity contribution in [2.24, 2.45) is 0 Å². The predicted octanol–water partition coefficient (Wildman–Crippen LogP) is 1.93. The van der Waals surface area contributed by atoms with Gasteiger partial charge in [0, 0.05) is 12.8 Å². The lowest BCUT2D eigenvalue weighted by Gasteiger charge is -2.14. The number of anilines is 2. The molecule has 1 unspecified atom stereocenters. The van der Waals surface area contributed by atoms with Crippen LogP contribution in [-0.4, -0.2) is 45.5 Å². The van der Waals surface area contributed by atoms with Crippen molar-refractivity contribution in [2.75, 3.05) is 44.6 Å². The van der Waals surface area contributed by atoms with E-state index in [2.05, 4.69) is 5.32 Å². The first-order valence-corrected chi connectivity index (χ1v) is 6.96. The van der Waals surface area contributed by atoms with E-state index >= 15 is 0 Å². The van der Waals surface area contributed by atoms with Gasteiger partial charge in [-0.3, -0.25) is 4.79 Å². The van der Waals surface area contributed by atoms with Crippen molar-refractivity contribution in [2.45, 2.75) is 13.0 Å². The predicted molar refractivity (Wildman–Crippen MR) is 82.6 cm³/mol. The molecule has 0 aromatic heterocycles. The number of carbonyl (C=O) groups excluding carboxylic acids is 1. The second kappa shape index (κ2) is 9.57. The summed E-state index contributed by atoms with van der Waals surface area (Å²) in [5.41, 5.74) is 6.63. The largest absolute Gasteiger partial charge is 0.399 e. The van der Waals surface area contributed by atoms with Crippen LogP contribution in [0.1, 0.15) is 6.92 Å². The number of hydrogen-bond acceptors (Lipinski definition) is 5. The smallest absolute Gasteiger partial charge is 0.253 e. The SMILES string of the molecule is COCCOCCOC(C)C(=O)Nc1ccc(N)cc1Cl. The van der Waals surface area contributed by atoms with Gasteiger partial charge < -0.3 is 25.3 Å². The molecule has 1 atom stereocenters. The van der Waals surface area contributed by atoms with Gasteiger partial charge in [-0.25, -0.2) is 0 Å². The standard InChI is InChI=1S/C14H21ClN2O4/c1-10(21-8-7-20-6-5-19-2)14(18)17-13-4-3-11(16)9-12(13)15/h3-4,9-10H,5-8,16H2,1-2H3,(H,17,18). The van der Waals surface area contributed by atoms with Crippen LogP contribution < -0.4 is 11.1 Å². The van der Waals surface area contributed by atoms with Crippen molar-refractivity contribution in [1.82, 2.24) is 0 Å². The summed E-state index contributed by atoms with van der Waals surface area (Å²) < 4.78 is 15.5. The maximum absolute atomic E-state index is 11.9. The van der Waals surface area contributed by atoms with Crippen LogP contribution in [0.15, 0.2) is 18.2 Å². The molecule has 118 valence electrons. The van der Waals surface area contributed by atoms with E-state index in [-0.39, 0.29) is 5.91 Å². The number of methoxy groups -OCH3 is 1. The summed E-state index contributed by atoms with van der Waals surface area (Å²) in [4.78, 5) is 11.9. The Kier molecular flexibility index (Phi) is 8.07. The van der Waals surface area contributed by atoms with Gasteiger partial charge in [0.15, 0.2) is 0 Å². The number of benzene rings is 1. The first-order chi connectivity index (χ1) is 10.0. The number of nitrogens with one attached hydrogen (secondary N) is 1. The molecule has 1 aromatic rings. The van der Waals surface area contributed by atoms with Crippen molar-refractivity contribution in [3.63, 3.8) is 0 Å². The zero-order valence-electron chi connectivity index (χ0n) is 12.2. The summed E-state index contributed by atoms with van der Waals surface area (Å²) in [6.07, 6.45) is -0.607. The van der Waals surface area contributed by atoms with Gasteiger partial charge >= 0.3 is 0 Å². The van der Waals surface area contributed by atoms with Crippen molar-refractivity contribution in [3.05, 3.63) is 23.2 Å². The van der Waals surface area contributed by atoms with E-state index in [1.165, 1.54) is 0 Å². The Balaban J connectivity index is 2.30. The molecule has 0 aliphatic carbocycles. The van der Waals surface area contributed by atoms with Crippen molar-refractivity contribution in [3.8, 4) is 0 Å². The van der Waals surface area contributed by atoms with Gasteiger partial charge in [0.1, 0.15) is 6.10 Å². The van der Waals surface area contributed by atoms with Crippen molar-refractivity contribution >= 4 is 28.9 Å². The lowest BCUT2D eigenvalue weighted by molar-refractivity contribution is -0.127. The van der Waals surface area contributed by atoms with Crippen LogP contribution in [0.25, 0.3) is 0 Å². The lowest BCUT2D eigenvalue weighted by atomic mass is 10.2. The normalized spacial score (nSPS) is 12.1. The first kappa shape index (κ1) is 17.7. The summed E-state index contributed by atoms with van der Waals surface area (Å²) in [6, 6.07) is 4.89. The fraction of sp³-hybridized carbons (Fsp3) is 0.500. The van der Waals surface area contributed by atoms with E-state index in [4.69, 9.17) is 31.5 Å². The summed E-state index contributed by atoms with van der Waals surface area (Å²) in [5, 5.41) is 3.07. The summed E-state index contributed by atoms with van der Waals surface area (Å²) in [5.74, 6) is -0.279. The topological polar surface area (TPSA) is 82.8 Å². The monoisotopic (exact) mass is 316 g/mol.